The Labute approximate surface area is 366 Å². The average Bonchev–Trinajstić information content (AvgIpc) is 3.89. The number of carbonyl (C=O) groups is 1. The van der Waals surface area contributed by atoms with Gasteiger partial charge in [0.1, 0.15) is 5.82 Å². The Balaban J connectivity index is 0.929. The lowest BCUT2D eigenvalue weighted by Gasteiger charge is -2.35. The minimum atomic E-state index is -3.61. The molecule has 342 valence electrons. The molecule has 0 aliphatic carbocycles. The molecule has 1 amide bonds. The first-order valence-electron chi connectivity index (χ1n) is 21.6. The number of hydrogen-bond acceptors (Lipinski definition) is 14. The number of piperidine rings is 1. The number of ether oxygens (including phenoxy) is 7. The second kappa shape index (κ2) is 26.5. The molecule has 2 fully saturated rings. The molecule has 0 bridgehead atoms. The summed E-state index contributed by atoms with van der Waals surface area (Å²) in [7, 11) is -3.61. The fourth-order valence-electron chi connectivity index (χ4n) is 7.34. The lowest BCUT2D eigenvalue weighted by Crippen LogP contribution is -2.39. The number of benzene rings is 1. The van der Waals surface area contributed by atoms with Gasteiger partial charge in [-0.2, -0.15) is 5.10 Å². The predicted molar refractivity (Wildman–Crippen MR) is 235 cm³/mol. The van der Waals surface area contributed by atoms with Crippen molar-refractivity contribution in [2.75, 3.05) is 135 Å². The van der Waals surface area contributed by atoms with Crippen molar-refractivity contribution in [2.24, 2.45) is 0 Å². The van der Waals surface area contributed by atoms with Crippen LogP contribution in [0.4, 0.5) is 11.5 Å². The SMILES string of the molecule is CCOCCOCCOCCOCCOCCOCCOCCCCN[C@H]1CCN(c2nc3cc([C@@H]4CCCCN4C(=O)c4cc(Cl)ccc4NS(C)(=O)=O)nn3cc2C)C1. The maximum Gasteiger partial charge on any atom is 0.256 e. The Morgan fingerprint density at radius 3 is 2.07 bits per heavy atom. The number of likely N-dealkylation sites (tertiary alicyclic amines) is 1. The van der Waals surface area contributed by atoms with Crippen LogP contribution in [-0.4, -0.2) is 165 Å². The first-order chi connectivity index (χ1) is 29.6. The average molecular weight is 897 g/mol. The summed E-state index contributed by atoms with van der Waals surface area (Å²) in [6.07, 6.45) is 8.60. The molecule has 2 aliphatic rings. The van der Waals surface area contributed by atoms with Gasteiger partial charge in [-0.05, 0) is 77.1 Å². The fraction of sp³-hybridized carbons (Fsp3) is 0.690. The van der Waals surface area contributed by atoms with Crippen molar-refractivity contribution in [1.29, 1.82) is 0 Å². The summed E-state index contributed by atoms with van der Waals surface area (Å²) in [4.78, 5) is 23.1. The Morgan fingerprint density at radius 1 is 0.820 bits per heavy atom. The van der Waals surface area contributed by atoms with E-state index in [1.165, 1.54) is 12.1 Å². The van der Waals surface area contributed by atoms with E-state index in [2.05, 4.69) is 21.9 Å². The van der Waals surface area contributed by atoms with Crippen LogP contribution >= 0.6 is 11.6 Å². The smallest absolute Gasteiger partial charge is 0.256 e. The Kier molecular flexibility index (Phi) is 21.2. The first-order valence-corrected chi connectivity index (χ1v) is 23.9. The molecular formula is C42H66ClN7O10S. The zero-order valence-corrected chi connectivity index (χ0v) is 37.7. The van der Waals surface area contributed by atoms with E-state index in [1.807, 2.05) is 19.2 Å². The third-order valence-electron chi connectivity index (χ3n) is 10.3. The van der Waals surface area contributed by atoms with E-state index in [9.17, 15) is 13.2 Å². The normalized spacial score (nSPS) is 17.2. The molecule has 0 unspecified atom stereocenters. The predicted octanol–water partition coefficient (Wildman–Crippen LogP) is 4.51. The number of carbonyl (C=O) groups excluding carboxylic acids is 1. The zero-order chi connectivity index (χ0) is 43.3. The van der Waals surface area contributed by atoms with E-state index in [1.54, 1.807) is 15.5 Å². The number of nitrogens with zero attached hydrogens (tertiary/aromatic N) is 5. The Hall–Kier alpha value is -3.17. The molecule has 2 saturated heterocycles. The molecule has 2 atom stereocenters. The number of hydrogen-bond donors (Lipinski definition) is 2. The van der Waals surface area contributed by atoms with Gasteiger partial charge in [0.2, 0.25) is 10.0 Å². The summed E-state index contributed by atoms with van der Waals surface area (Å²) in [6.45, 7) is 15.2. The lowest BCUT2D eigenvalue weighted by atomic mass is 9.98. The van der Waals surface area contributed by atoms with Gasteiger partial charge in [-0.3, -0.25) is 9.52 Å². The second-order valence-corrected chi connectivity index (χ2v) is 17.3. The molecule has 2 aromatic heterocycles. The molecule has 3 aromatic rings. The van der Waals surface area contributed by atoms with Gasteiger partial charge in [0.25, 0.3) is 5.91 Å². The van der Waals surface area contributed by atoms with Gasteiger partial charge in [0.15, 0.2) is 5.65 Å². The largest absolute Gasteiger partial charge is 0.379 e. The van der Waals surface area contributed by atoms with E-state index in [0.29, 0.717) is 110 Å². The highest BCUT2D eigenvalue weighted by atomic mass is 35.5. The van der Waals surface area contributed by atoms with E-state index >= 15 is 0 Å². The summed E-state index contributed by atoms with van der Waals surface area (Å²) in [5, 5.41) is 8.94. The minimum Gasteiger partial charge on any atom is -0.379 e. The molecule has 4 heterocycles. The Bertz CT molecular complexity index is 1870. The van der Waals surface area contributed by atoms with E-state index in [0.717, 1.165) is 87.1 Å². The minimum absolute atomic E-state index is 0.199. The van der Waals surface area contributed by atoms with Gasteiger partial charge in [-0.25, -0.2) is 17.9 Å². The number of aromatic nitrogens is 3. The number of fused-ring (bicyclic) bond motifs is 1. The van der Waals surface area contributed by atoms with Crippen LogP contribution in [-0.2, 0) is 43.2 Å². The fourth-order valence-corrected chi connectivity index (χ4v) is 8.09. The quantitative estimate of drug-likeness (QED) is 0.0894. The number of unbranched alkanes of at least 4 members (excludes halogenated alkanes) is 1. The number of halogens is 1. The van der Waals surface area contributed by atoms with Gasteiger partial charge in [-0.1, -0.05) is 11.6 Å². The van der Waals surface area contributed by atoms with Gasteiger partial charge in [0.05, 0.1) is 109 Å². The molecule has 1 aromatic carbocycles. The van der Waals surface area contributed by atoms with Crippen LogP contribution in [0.3, 0.4) is 0 Å². The number of amides is 1. The maximum absolute atomic E-state index is 14.0. The summed E-state index contributed by atoms with van der Waals surface area (Å²) in [6, 6.07) is 6.64. The molecule has 0 saturated carbocycles. The van der Waals surface area contributed by atoms with E-state index < -0.39 is 10.0 Å². The third-order valence-corrected chi connectivity index (χ3v) is 11.1. The van der Waals surface area contributed by atoms with Crippen molar-refractivity contribution in [3.05, 3.63) is 52.3 Å². The standard InChI is InChI=1S/C42H66ClN7O10S/c1-4-54-17-18-56-21-22-58-25-26-60-28-27-59-24-23-57-20-19-55-16-8-6-13-44-35-12-15-48(32-35)41-33(2)31-50-40(45-41)30-38(46-50)39-9-5-7-14-49(39)42(51)36-29-34(43)10-11-37(36)47-61(3,52)53/h10-11,29-31,35,39,44,47H,4-9,12-28,32H2,1-3H3/t35-,39-/m0/s1. The first kappa shape index (κ1) is 48.9. The van der Waals surface area contributed by atoms with Crippen molar-refractivity contribution < 1.29 is 46.4 Å². The number of rotatable bonds is 30. The summed E-state index contributed by atoms with van der Waals surface area (Å²) in [5.41, 5.74) is 2.90. The van der Waals surface area contributed by atoms with Crippen LogP contribution in [0.5, 0.6) is 0 Å². The number of anilines is 2. The highest BCUT2D eigenvalue weighted by Gasteiger charge is 2.33. The second-order valence-electron chi connectivity index (χ2n) is 15.2. The lowest BCUT2D eigenvalue weighted by molar-refractivity contribution is -0.0202. The third kappa shape index (κ3) is 16.8. The number of aryl methyl sites for hydroxylation is 1. The summed E-state index contributed by atoms with van der Waals surface area (Å²) in [5.74, 6) is 0.644. The van der Waals surface area contributed by atoms with Gasteiger partial charge in [-0.15, -0.1) is 0 Å². The molecular weight excluding hydrogens is 830 g/mol. The van der Waals surface area contributed by atoms with Gasteiger partial charge < -0.3 is 48.3 Å². The van der Waals surface area contributed by atoms with Crippen molar-refractivity contribution in [1.82, 2.24) is 24.8 Å². The van der Waals surface area contributed by atoms with Gasteiger partial charge >= 0.3 is 0 Å². The topological polar surface area (TPSA) is 177 Å². The summed E-state index contributed by atoms with van der Waals surface area (Å²) >= 11 is 6.27. The van der Waals surface area contributed by atoms with E-state index in [-0.39, 0.29) is 23.2 Å². The highest BCUT2D eigenvalue weighted by molar-refractivity contribution is 7.92. The van der Waals surface area contributed by atoms with Crippen molar-refractivity contribution in [2.45, 2.75) is 64.5 Å². The molecule has 0 spiro atoms. The van der Waals surface area contributed by atoms with Crippen LogP contribution in [0.25, 0.3) is 5.65 Å². The molecule has 19 heteroatoms. The van der Waals surface area contributed by atoms with Crippen LogP contribution in [0, 0.1) is 6.92 Å². The molecule has 2 N–H and O–H groups in total. The molecule has 5 rings (SSSR count). The van der Waals surface area contributed by atoms with Crippen molar-refractivity contribution in [3.63, 3.8) is 0 Å². The molecule has 0 radical (unpaired) electrons. The molecule has 2 aliphatic heterocycles. The van der Waals surface area contributed by atoms with Crippen LogP contribution in [0.2, 0.25) is 5.02 Å². The van der Waals surface area contributed by atoms with Gasteiger partial charge in [0, 0.05) is 61.7 Å². The van der Waals surface area contributed by atoms with Crippen molar-refractivity contribution >= 4 is 44.7 Å². The number of nitrogens with one attached hydrogen (secondary N) is 2. The van der Waals surface area contributed by atoms with Crippen LogP contribution in [0.15, 0.2) is 30.5 Å². The maximum atomic E-state index is 14.0. The molecule has 61 heavy (non-hydrogen) atoms. The number of sulfonamides is 1. The Morgan fingerprint density at radius 2 is 1.44 bits per heavy atom. The van der Waals surface area contributed by atoms with Crippen LogP contribution < -0.4 is 14.9 Å². The molecule has 17 nitrogen and oxygen atoms in total. The van der Waals surface area contributed by atoms with Crippen LogP contribution in [0.1, 0.15) is 73.1 Å². The van der Waals surface area contributed by atoms with Crippen molar-refractivity contribution in [3.8, 4) is 0 Å². The summed E-state index contributed by atoms with van der Waals surface area (Å²) < 4.78 is 66.8. The highest BCUT2D eigenvalue weighted by Crippen LogP contribution is 2.34. The zero-order valence-electron chi connectivity index (χ0n) is 36.1. The van der Waals surface area contributed by atoms with E-state index in [4.69, 9.17) is 54.8 Å². The monoisotopic (exact) mass is 895 g/mol.